The number of thiophene rings is 1. The van der Waals surface area contributed by atoms with Crippen LogP contribution in [0.15, 0.2) is 58.8 Å². The van der Waals surface area contributed by atoms with Gasteiger partial charge in [0.15, 0.2) is 0 Å². The highest BCUT2D eigenvalue weighted by Gasteiger charge is 2.24. The number of nitrogens with zero attached hydrogens (tertiary/aromatic N) is 3. The first-order valence-electron chi connectivity index (χ1n) is 10.2. The summed E-state index contributed by atoms with van der Waals surface area (Å²) >= 11 is 3.25. The van der Waals surface area contributed by atoms with Gasteiger partial charge in [0.1, 0.15) is 5.82 Å². The average molecular weight is 443 g/mol. The smallest absolute Gasteiger partial charge is 0.214 e. The van der Waals surface area contributed by atoms with E-state index in [1.807, 2.05) is 0 Å². The molecule has 1 N–H and O–H groups in total. The number of pyridine rings is 1. The van der Waals surface area contributed by atoms with E-state index in [2.05, 4.69) is 69.9 Å². The molecule has 158 valence electrons. The van der Waals surface area contributed by atoms with E-state index in [9.17, 15) is 4.39 Å². The Morgan fingerprint density at radius 3 is 2.67 bits per heavy atom. The van der Waals surface area contributed by atoms with Crippen LogP contribution in [-0.2, 0) is 6.54 Å². The first kappa shape index (κ1) is 21.2. The van der Waals surface area contributed by atoms with E-state index in [1.165, 1.54) is 47.0 Å². The molecular weight excluding hydrogens is 415 g/mol. The van der Waals surface area contributed by atoms with Gasteiger partial charge in [-0.3, -0.25) is 4.90 Å². The largest absolute Gasteiger partial charge is 0.371 e. The van der Waals surface area contributed by atoms with Crippen LogP contribution >= 0.6 is 23.3 Å². The summed E-state index contributed by atoms with van der Waals surface area (Å²) in [6, 6.07) is 18.3. The van der Waals surface area contributed by atoms with Crippen LogP contribution in [0.1, 0.15) is 23.3 Å². The van der Waals surface area contributed by atoms with E-state index in [1.54, 1.807) is 23.5 Å². The van der Waals surface area contributed by atoms with Crippen molar-refractivity contribution in [2.24, 2.45) is 0 Å². The summed E-state index contributed by atoms with van der Waals surface area (Å²) in [6.45, 7) is 5.46. The molecule has 0 bridgehead atoms. The van der Waals surface area contributed by atoms with Crippen molar-refractivity contribution in [1.82, 2.24) is 9.88 Å². The number of benzene rings is 1. The maximum absolute atomic E-state index is 13.3. The minimum Gasteiger partial charge on any atom is -0.371 e. The molecule has 1 saturated heterocycles. The Kier molecular flexibility index (Phi) is 6.92. The lowest BCUT2D eigenvalue weighted by atomic mass is 10.0. The summed E-state index contributed by atoms with van der Waals surface area (Å²) in [5.74, 6) is 0.0636. The first-order valence-corrected chi connectivity index (χ1v) is 11.9. The van der Waals surface area contributed by atoms with E-state index in [0.29, 0.717) is 11.9 Å². The van der Waals surface area contributed by atoms with Crippen LogP contribution in [0.4, 0.5) is 15.9 Å². The fourth-order valence-corrected chi connectivity index (χ4v) is 5.85. The van der Waals surface area contributed by atoms with Gasteiger partial charge in [-0.1, -0.05) is 36.4 Å². The molecule has 7 heteroatoms. The Bertz CT molecular complexity index is 955. The molecule has 0 spiro atoms. The van der Waals surface area contributed by atoms with Crippen molar-refractivity contribution in [2.75, 3.05) is 29.8 Å². The van der Waals surface area contributed by atoms with Gasteiger partial charge >= 0.3 is 0 Å². The SMILES string of the molecule is Cc1sc(SNc2cccc(F)n2)cc1N(C)C1CCN(Cc2ccccc2)CC1. The van der Waals surface area contributed by atoms with Gasteiger partial charge in [0.05, 0.1) is 9.90 Å². The van der Waals surface area contributed by atoms with Crippen LogP contribution in [0.25, 0.3) is 0 Å². The van der Waals surface area contributed by atoms with Gasteiger partial charge < -0.3 is 9.62 Å². The lowest BCUT2D eigenvalue weighted by molar-refractivity contribution is 0.203. The number of aryl methyl sites for hydroxylation is 1. The number of hydrogen-bond acceptors (Lipinski definition) is 6. The van der Waals surface area contributed by atoms with Gasteiger partial charge in [-0.15, -0.1) is 11.3 Å². The van der Waals surface area contributed by atoms with E-state index >= 15 is 0 Å². The minimum absolute atomic E-state index is 0.470. The third-order valence-electron chi connectivity index (χ3n) is 5.57. The molecule has 1 aliphatic rings. The van der Waals surface area contributed by atoms with Crippen molar-refractivity contribution in [3.8, 4) is 0 Å². The van der Waals surface area contributed by atoms with Crippen LogP contribution < -0.4 is 9.62 Å². The van der Waals surface area contributed by atoms with Crippen LogP contribution in [0, 0.1) is 12.9 Å². The Morgan fingerprint density at radius 2 is 1.93 bits per heavy atom. The zero-order chi connectivity index (χ0) is 20.9. The highest BCUT2D eigenvalue weighted by molar-refractivity contribution is 8.02. The van der Waals surface area contributed by atoms with Crippen molar-refractivity contribution in [2.45, 2.75) is 36.6 Å². The summed E-state index contributed by atoms with van der Waals surface area (Å²) in [5, 5.41) is 0. The van der Waals surface area contributed by atoms with Crippen LogP contribution in [-0.4, -0.2) is 36.1 Å². The molecular formula is C23H27FN4S2. The molecule has 0 amide bonds. The van der Waals surface area contributed by atoms with Gasteiger partial charge in [-0.2, -0.15) is 4.39 Å². The van der Waals surface area contributed by atoms with E-state index < -0.39 is 5.95 Å². The molecule has 4 nitrogen and oxygen atoms in total. The highest BCUT2D eigenvalue weighted by Crippen LogP contribution is 2.37. The van der Waals surface area contributed by atoms with Crippen molar-refractivity contribution in [1.29, 1.82) is 0 Å². The first-order chi connectivity index (χ1) is 14.6. The number of anilines is 2. The number of nitrogens with one attached hydrogen (secondary N) is 1. The molecule has 30 heavy (non-hydrogen) atoms. The second-order valence-corrected chi connectivity index (χ2v) is 10.0. The standard InChI is InChI=1S/C23H27FN4S2/c1-17-20(15-23(29-17)30-26-22-10-6-9-21(24)25-22)27(2)19-11-13-28(14-12-19)16-18-7-4-3-5-8-18/h3-10,15,19H,11-14,16H2,1-2H3,(H,25,26). The Labute approximate surface area is 186 Å². The quantitative estimate of drug-likeness (QED) is 0.369. The molecule has 0 atom stereocenters. The highest BCUT2D eigenvalue weighted by atomic mass is 32.2. The van der Waals surface area contributed by atoms with E-state index in [4.69, 9.17) is 0 Å². The number of aromatic nitrogens is 1. The molecule has 1 aliphatic heterocycles. The molecule has 3 aromatic rings. The minimum atomic E-state index is -0.470. The second-order valence-electron chi connectivity index (χ2n) is 7.66. The average Bonchev–Trinajstić information content (AvgIpc) is 3.14. The van der Waals surface area contributed by atoms with Gasteiger partial charge in [-0.05, 0) is 55.5 Å². The molecule has 1 aromatic carbocycles. The maximum atomic E-state index is 13.3. The zero-order valence-electron chi connectivity index (χ0n) is 17.3. The molecule has 4 rings (SSSR count). The normalized spacial score (nSPS) is 15.3. The Balaban J connectivity index is 1.32. The van der Waals surface area contributed by atoms with Crippen LogP contribution in [0.5, 0.6) is 0 Å². The summed E-state index contributed by atoms with van der Waals surface area (Å²) in [5.41, 5.74) is 2.68. The fraction of sp³-hybridized carbons (Fsp3) is 0.348. The second kappa shape index (κ2) is 9.81. The van der Waals surface area contributed by atoms with Crippen molar-refractivity contribution in [3.63, 3.8) is 0 Å². The number of likely N-dealkylation sites (tertiary alicyclic amines) is 1. The lowest BCUT2D eigenvalue weighted by Gasteiger charge is -2.37. The monoisotopic (exact) mass is 442 g/mol. The molecule has 3 heterocycles. The maximum Gasteiger partial charge on any atom is 0.214 e. The molecule has 2 aromatic heterocycles. The summed E-state index contributed by atoms with van der Waals surface area (Å²) in [4.78, 5) is 10.2. The predicted molar refractivity (Wildman–Crippen MR) is 126 cm³/mol. The molecule has 1 fully saturated rings. The van der Waals surface area contributed by atoms with Gasteiger partial charge in [0, 0.05) is 37.6 Å². The lowest BCUT2D eigenvalue weighted by Crippen LogP contribution is -2.43. The van der Waals surface area contributed by atoms with Gasteiger partial charge in [0.2, 0.25) is 5.95 Å². The summed E-state index contributed by atoms with van der Waals surface area (Å²) in [7, 11) is 2.21. The third kappa shape index (κ3) is 5.33. The molecule has 0 aliphatic carbocycles. The number of rotatable bonds is 7. The zero-order valence-corrected chi connectivity index (χ0v) is 19.0. The predicted octanol–water partition coefficient (Wildman–Crippen LogP) is 5.81. The number of hydrogen-bond donors (Lipinski definition) is 1. The molecule has 0 unspecified atom stereocenters. The Hall–Kier alpha value is -2.09. The van der Waals surface area contributed by atoms with Crippen LogP contribution in [0.2, 0.25) is 0 Å². The molecule has 0 radical (unpaired) electrons. The summed E-state index contributed by atoms with van der Waals surface area (Å²) in [6.07, 6.45) is 2.35. The third-order valence-corrected chi connectivity index (χ3v) is 7.54. The van der Waals surface area contributed by atoms with Crippen molar-refractivity contribution >= 4 is 34.8 Å². The van der Waals surface area contributed by atoms with Crippen molar-refractivity contribution < 1.29 is 4.39 Å². The van der Waals surface area contributed by atoms with E-state index in [-0.39, 0.29) is 0 Å². The van der Waals surface area contributed by atoms with Gasteiger partial charge in [0.25, 0.3) is 0 Å². The topological polar surface area (TPSA) is 31.4 Å². The van der Waals surface area contributed by atoms with Crippen molar-refractivity contribution in [3.05, 3.63) is 71.0 Å². The fourth-order valence-electron chi connectivity index (χ4n) is 3.92. The van der Waals surface area contributed by atoms with Crippen LogP contribution in [0.3, 0.4) is 0 Å². The van der Waals surface area contributed by atoms with E-state index in [0.717, 1.165) is 23.8 Å². The summed E-state index contributed by atoms with van der Waals surface area (Å²) < 4.78 is 17.5. The number of piperidine rings is 1. The Morgan fingerprint density at radius 1 is 1.17 bits per heavy atom. The number of halogens is 1. The van der Waals surface area contributed by atoms with Gasteiger partial charge in [-0.25, -0.2) is 4.98 Å². The molecule has 0 saturated carbocycles.